The van der Waals surface area contributed by atoms with Crippen LogP contribution in [0, 0.1) is 0 Å². The Balaban J connectivity index is 2.35. The molecule has 0 radical (unpaired) electrons. The third kappa shape index (κ3) is 2.47. The van der Waals surface area contributed by atoms with E-state index >= 15 is 0 Å². The number of aromatic hydroxyl groups is 1. The number of aromatic amines is 1. The standard InChI is InChI=1S/C14H8F3N3O4/c15-14(16,17)6-2-1-3-7(4-6)20-12-10(11(19-20)13(23)24)8(21)5-9(22)18-12/h1-5H,(H,23,24)(H2,18,21,22). The first-order valence-electron chi connectivity index (χ1n) is 6.44. The fourth-order valence-corrected chi connectivity index (χ4v) is 2.28. The molecule has 0 atom stereocenters. The van der Waals surface area contributed by atoms with Crippen molar-refractivity contribution in [2.45, 2.75) is 6.18 Å². The van der Waals surface area contributed by atoms with Gasteiger partial charge in [0, 0.05) is 6.07 Å². The molecule has 0 amide bonds. The van der Waals surface area contributed by atoms with E-state index in [9.17, 15) is 27.9 Å². The molecule has 2 aromatic heterocycles. The second-order valence-corrected chi connectivity index (χ2v) is 4.86. The third-order valence-corrected chi connectivity index (χ3v) is 3.27. The first kappa shape index (κ1) is 15.6. The van der Waals surface area contributed by atoms with Gasteiger partial charge in [0.25, 0.3) is 5.56 Å². The van der Waals surface area contributed by atoms with Crippen LogP contribution in [0.25, 0.3) is 16.7 Å². The Labute approximate surface area is 130 Å². The smallest absolute Gasteiger partial charge is 0.416 e. The number of hydrogen-bond acceptors (Lipinski definition) is 4. The lowest BCUT2D eigenvalue weighted by Crippen LogP contribution is -2.09. The Morgan fingerprint density at radius 1 is 1.25 bits per heavy atom. The summed E-state index contributed by atoms with van der Waals surface area (Å²) >= 11 is 0. The van der Waals surface area contributed by atoms with Crippen molar-refractivity contribution >= 4 is 17.0 Å². The van der Waals surface area contributed by atoms with Gasteiger partial charge in [-0.15, -0.1) is 0 Å². The Hall–Kier alpha value is -3.30. The van der Waals surface area contributed by atoms with Crippen molar-refractivity contribution in [2.24, 2.45) is 0 Å². The molecule has 3 aromatic rings. The molecule has 0 aliphatic heterocycles. The summed E-state index contributed by atoms with van der Waals surface area (Å²) in [4.78, 5) is 25.0. The zero-order valence-corrected chi connectivity index (χ0v) is 11.6. The Morgan fingerprint density at radius 2 is 1.96 bits per heavy atom. The molecule has 24 heavy (non-hydrogen) atoms. The van der Waals surface area contributed by atoms with Crippen LogP contribution in [0.1, 0.15) is 16.1 Å². The third-order valence-electron chi connectivity index (χ3n) is 3.27. The number of H-pyrrole nitrogens is 1. The maximum absolute atomic E-state index is 12.8. The predicted octanol–water partition coefficient (Wildman–Crippen LogP) is 2.14. The number of alkyl halides is 3. The number of pyridine rings is 1. The van der Waals surface area contributed by atoms with Gasteiger partial charge in [0.15, 0.2) is 5.69 Å². The van der Waals surface area contributed by atoms with E-state index in [1.54, 1.807) is 0 Å². The van der Waals surface area contributed by atoms with Crippen molar-refractivity contribution in [3.05, 3.63) is 51.9 Å². The van der Waals surface area contributed by atoms with Crippen LogP contribution in [0.5, 0.6) is 5.75 Å². The van der Waals surface area contributed by atoms with Crippen LogP contribution in [0.2, 0.25) is 0 Å². The molecule has 124 valence electrons. The largest absolute Gasteiger partial charge is 0.507 e. The SMILES string of the molecule is O=C(O)c1nn(-c2cccc(C(F)(F)F)c2)c2[nH]c(=O)cc(O)c12. The zero-order valence-electron chi connectivity index (χ0n) is 11.6. The van der Waals surface area contributed by atoms with Crippen LogP contribution in [0.15, 0.2) is 35.1 Å². The van der Waals surface area contributed by atoms with Crippen LogP contribution in [0.3, 0.4) is 0 Å². The second kappa shape index (κ2) is 5.11. The molecule has 0 aliphatic rings. The number of hydrogen-bond donors (Lipinski definition) is 3. The summed E-state index contributed by atoms with van der Waals surface area (Å²) in [5.74, 6) is -2.14. The number of aromatic nitrogens is 3. The minimum atomic E-state index is -4.61. The molecule has 2 heterocycles. The topological polar surface area (TPSA) is 108 Å². The van der Waals surface area contributed by atoms with Gasteiger partial charge in [0.05, 0.1) is 16.6 Å². The van der Waals surface area contributed by atoms with Crippen molar-refractivity contribution in [2.75, 3.05) is 0 Å². The highest BCUT2D eigenvalue weighted by atomic mass is 19.4. The Morgan fingerprint density at radius 3 is 2.58 bits per heavy atom. The van der Waals surface area contributed by atoms with E-state index in [2.05, 4.69) is 10.1 Å². The molecule has 3 N–H and O–H groups in total. The Bertz CT molecular complexity index is 1020. The molecule has 0 spiro atoms. The van der Waals surface area contributed by atoms with Crippen molar-refractivity contribution in [1.82, 2.24) is 14.8 Å². The summed E-state index contributed by atoms with van der Waals surface area (Å²) in [6.45, 7) is 0. The predicted molar refractivity (Wildman–Crippen MR) is 75.3 cm³/mol. The first-order valence-corrected chi connectivity index (χ1v) is 6.44. The van der Waals surface area contributed by atoms with E-state index in [-0.39, 0.29) is 16.7 Å². The minimum Gasteiger partial charge on any atom is -0.507 e. The van der Waals surface area contributed by atoms with E-state index in [1.165, 1.54) is 6.07 Å². The summed E-state index contributed by atoms with van der Waals surface area (Å²) in [6.07, 6.45) is -4.61. The van der Waals surface area contributed by atoms with Crippen LogP contribution in [0.4, 0.5) is 13.2 Å². The van der Waals surface area contributed by atoms with Crippen molar-refractivity contribution in [3.8, 4) is 11.4 Å². The number of carbonyl (C=O) groups is 1. The number of benzene rings is 1. The van der Waals surface area contributed by atoms with Crippen molar-refractivity contribution in [1.29, 1.82) is 0 Å². The van der Waals surface area contributed by atoms with Crippen molar-refractivity contribution in [3.63, 3.8) is 0 Å². The molecule has 0 bridgehead atoms. The summed E-state index contributed by atoms with van der Waals surface area (Å²) in [7, 11) is 0. The lowest BCUT2D eigenvalue weighted by molar-refractivity contribution is -0.137. The van der Waals surface area contributed by atoms with Gasteiger partial charge < -0.3 is 15.2 Å². The number of halogens is 3. The average molecular weight is 339 g/mol. The molecule has 0 unspecified atom stereocenters. The molecule has 0 saturated carbocycles. The van der Waals surface area contributed by atoms with Crippen LogP contribution >= 0.6 is 0 Å². The molecule has 7 nitrogen and oxygen atoms in total. The van der Waals surface area contributed by atoms with E-state index in [4.69, 9.17) is 5.11 Å². The van der Waals surface area contributed by atoms with Crippen LogP contribution in [-0.4, -0.2) is 30.9 Å². The summed E-state index contributed by atoms with van der Waals surface area (Å²) in [5, 5.41) is 22.4. The monoisotopic (exact) mass is 339 g/mol. The van der Waals surface area contributed by atoms with E-state index in [1.807, 2.05) is 0 Å². The van der Waals surface area contributed by atoms with Gasteiger partial charge >= 0.3 is 12.1 Å². The lowest BCUT2D eigenvalue weighted by atomic mass is 10.2. The number of fused-ring (bicyclic) bond motifs is 1. The highest BCUT2D eigenvalue weighted by molar-refractivity contribution is 6.03. The molecule has 0 saturated heterocycles. The number of nitrogens with one attached hydrogen (secondary N) is 1. The summed E-state index contributed by atoms with van der Waals surface area (Å²) in [5.41, 5.74) is -2.68. The van der Waals surface area contributed by atoms with Gasteiger partial charge in [0.1, 0.15) is 11.4 Å². The van der Waals surface area contributed by atoms with Crippen LogP contribution < -0.4 is 5.56 Å². The molecule has 3 rings (SSSR count). The molecule has 10 heteroatoms. The van der Waals surface area contributed by atoms with Crippen LogP contribution in [-0.2, 0) is 6.18 Å². The number of rotatable bonds is 2. The number of carboxylic acid groups (broad SMARTS) is 1. The molecule has 0 fully saturated rings. The number of carboxylic acids is 1. The Kier molecular flexibility index (Phi) is 3.32. The quantitative estimate of drug-likeness (QED) is 0.663. The van der Waals surface area contributed by atoms with Gasteiger partial charge in [-0.05, 0) is 18.2 Å². The second-order valence-electron chi connectivity index (χ2n) is 4.86. The first-order chi connectivity index (χ1) is 11.2. The summed E-state index contributed by atoms with van der Waals surface area (Å²) < 4.78 is 39.3. The summed E-state index contributed by atoms with van der Waals surface area (Å²) in [6, 6.07) is 4.73. The molecule has 0 aliphatic carbocycles. The molecular weight excluding hydrogens is 331 g/mol. The fourth-order valence-electron chi connectivity index (χ4n) is 2.28. The zero-order chi connectivity index (χ0) is 17.6. The van der Waals surface area contributed by atoms with Gasteiger partial charge in [-0.2, -0.15) is 18.3 Å². The van der Waals surface area contributed by atoms with Gasteiger partial charge in [-0.25, -0.2) is 9.48 Å². The van der Waals surface area contributed by atoms with Crippen molar-refractivity contribution < 1.29 is 28.2 Å². The molecule has 1 aromatic carbocycles. The van der Waals surface area contributed by atoms with Gasteiger partial charge in [-0.3, -0.25) is 4.79 Å². The minimum absolute atomic E-state index is 0.122. The van der Waals surface area contributed by atoms with E-state index in [0.717, 1.165) is 28.9 Å². The van der Waals surface area contributed by atoms with E-state index < -0.39 is 34.7 Å². The highest BCUT2D eigenvalue weighted by Crippen LogP contribution is 2.32. The van der Waals surface area contributed by atoms with E-state index in [0.29, 0.717) is 0 Å². The maximum atomic E-state index is 12.8. The number of nitrogens with zero attached hydrogens (tertiary/aromatic N) is 2. The fraction of sp³-hybridized carbons (Fsp3) is 0.0714. The van der Waals surface area contributed by atoms with Gasteiger partial charge in [-0.1, -0.05) is 6.07 Å². The maximum Gasteiger partial charge on any atom is 0.416 e. The average Bonchev–Trinajstić information content (AvgIpc) is 2.86. The molecular formula is C14H8F3N3O4. The van der Waals surface area contributed by atoms with Gasteiger partial charge in [0.2, 0.25) is 0 Å². The lowest BCUT2D eigenvalue weighted by Gasteiger charge is -2.09. The normalized spacial score (nSPS) is 11.8. The highest BCUT2D eigenvalue weighted by Gasteiger charge is 2.31. The number of aromatic carboxylic acids is 1.